The first-order valence-electron chi connectivity index (χ1n) is 10.0. The molecule has 7 heteroatoms. The molecule has 1 fully saturated rings. The summed E-state index contributed by atoms with van der Waals surface area (Å²) >= 11 is 1.54. The number of hydrogen-bond donors (Lipinski definition) is 0. The highest BCUT2D eigenvalue weighted by atomic mass is 32.2. The molecule has 0 radical (unpaired) electrons. The molecule has 0 spiro atoms. The Balaban J connectivity index is 1.78. The van der Waals surface area contributed by atoms with Crippen LogP contribution in [0.3, 0.4) is 0 Å². The molecule has 6 nitrogen and oxygen atoms in total. The van der Waals surface area contributed by atoms with E-state index in [4.69, 9.17) is 14.5 Å². The van der Waals surface area contributed by atoms with Gasteiger partial charge in [0.05, 0.1) is 36.2 Å². The average molecular weight is 425 g/mol. The van der Waals surface area contributed by atoms with Crippen molar-refractivity contribution in [2.24, 2.45) is 0 Å². The van der Waals surface area contributed by atoms with Crippen LogP contribution in [0.1, 0.15) is 40.9 Å². The summed E-state index contributed by atoms with van der Waals surface area (Å²) in [5.74, 6) is -0.450. The van der Waals surface area contributed by atoms with Crippen molar-refractivity contribution < 1.29 is 14.3 Å². The van der Waals surface area contributed by atoms with E-state index >= 15 is 0 Å². The molecular weight excluding hydrogens is 400 g/mol. The molecule has 156 valence electrons. The highest BCUT2D eigenvalue weighted by Gasteiger charge is 2.22. The Morgan fingerprint density at radius 3 is 2.80 bits per heavy atom. The molecule has 0 aliphatic carbocycles. The summed E-state index contributed by atoms with van der Waals surface area (Å²) < 4.78 is 12.3. The van der Waals surface area contributed by atoms with Gasteiger partial charge in [-0.05, 0) is 43.5 Å². The lowest BCUT2D eigenvalue weighted by molar-refractivity contribution is 0.0601. The standard InChI is InChI=1S/C23H24N2O4S/c1-15(16-7-4-3-5-8-16)30-23-24-20-13-17(22(27)28-2)10-11-19(20)21(26)25(23)14-18-9-6-12-29-18/h3-5,7-8,10-11,13,15,18H,6,9,12,14H2,1-2H3. The van der Waals surface area contributed by atoms with Gasteiger partial charge in [0, 0.05) is 11.9 Å². The number of benzene rings is 2. The number of methoxy groups -OCH3 is 1. The molecule has 1 aromatic heterocycles. The highest BCUT2D eigenvalue weighted by molar-refractivity contribution is 7.99. The Bertz CT molecular complexity index is 1110. The maximum absolute atomic E-state index is 13.3. The van der Waals surface area contributed by atoms with Crippen LogP contribution in [-0.4, -0.2) is 35.3 Å². The van der Waals surface area contributed by atoms with Gasteiger partial charge in [0.25, 0.3) is 5.56 Å². The molecule has 0 amide bonds. The molecule has 1 aliphatic rings. The predicted molar refractivity (Wildman–Crippen MR) is 117 cm³/mol. The second-order valence-corrected chi connectivity index (χ2v) is 8.65. The zero-order chi connectivity index (χ0) is 21.1. The van der Waals surface area contributed by atoms with Crippen LogP contribution in [0.2, 0.25) is 0 Å². The highest BCUT2D eigenvalue weighted by Crippen LogP contribution is 2.34. The molecule has 30 heavy (non-hydrogen) atoms. The van der Waals surface area contributed by atoms with Crippen LogP contribution in [0.5, 0.6) is 0 Å². The van der Waals surface area contributed by atoms with Gasteiger partial charge in [-0.3, -0.25) is 9.36 Å². The minimum Gasteiger partial charge on any atom is -0.465 e. The fourth-order valence-electron chi connectivity index (χ4n) is 3.64. The van der Waals surface area contributed by atoms with Gasteiger partial charge in [-0.2, -0.15) is 0 Å². The van der Waals surface area contributed by atoms with E-state index in [0.29, 0.717) is 28.2 Å². The minimum atomic E-state index is -0.450. The van der Waals surface area contributed by atoms with Crippen molar-refractivity contribution in [3.05, 3.63) is 70.0 Å². The minimum absolute atomic E-state index is 0.0164. The monoisotopic (exact) mass is 424 g/mol. The van der Waals surface area contributed by atoms with Gasteiger partial charge in [0.15, 0.2) is 5.16 Å². The van der Waals surface area contributed by atoms with Gasteiger partial charge in [-0.1, -0.05) is 42.1 Å². The largest absolute Gasteiger partial charge is 0.465 e. The molecule has 0 N–H and O–H groups in total. The zero-order valence-corrected chi connectivity index (χ0v) is 17.9. The van der Waals surface area contributed by atoms with Crippen LogP contribution in [0.15, 0.2) is 58.5 Å². The number of ether oxygens (including phenoxy) is 2. The Morgan fingerprint density at radius 1 is 1.30 bits per heavy atom. The third-order valence-electron chi connectivity index (χ3n) is 5.30. The van der Waals surface area contributed by atoms with Crippen molar-refractivity contribution >= 4 is 28.6 Å². The number of carbonyl (C=O) groups is 1. The lowest BCUT2D eigenvalue weighted by atomic mass is 10.1. The number of rotatable bonds is 6. The van der Waals surface area contributed by atoms with Gasteiger partial charge in [-0.25, -0.2) is 9.78 Å². The molecule has 2 heterocycles. The maximum atomic E-state index is 13.3. The van der Waals surface area contributed by atoms with Crippen molar-refractivity contribution in [1.82, 2.24) is 9.55 Å². The third-order valence-corrected chi connectivity index (χ3v) is 6.45. The Morgan fingerprint density at radius 2 is 2.10 bits per heavy atom. The number of carbonyl (C=O) groups excluding carboxylic acids is 1. The van der Waals surface area contributed by atoms with E-state index in [-0.39, 0.29) is 16.9 Å². The lowest BCUT2D eigenvalue weighted by Crippen LogP contribution is -2.29. The Hall–Kier alpha value is -2.64. The number of fused-ring (bicyclic) bond motifs is 1. The fraction of sp³-hybridized carbons (Fsp3) is 0.348. The van der Waals surface area contributed by atoms with Crippen LogP contribution < -0.4 is 5.56 Å². The van der Waals surface area contributed by atoms with Crippen molar-refractivity contribution in [2.45, 2.75) is 42.8 Å². The number of esters is 1. The van der Waals surface area contributed by atoms with E-state index in [1.165, 1.54) is 18.9 Å². The topological polar surface area (TPSA) is 70.4 Å². The summed E-state index contributed by atoms with van der Waals surface area (Å²) in [6, 6.07) is 15.0. The van der Waals surface area contributed by atoms with Gasteiger partial charge in [-0.15, -0.1) is 0 Å². The molecular formula is C23H24N2O4S. The van der Waals surface area contributed by atoms with Gasteiger partial charge < -0.3 is 9.47 Å². The number of hydrogen-bond acceptors (Lipinski definition) is 6. The molecule has 3 aromatic rings. The van der Waals surface area contributed by atoms with Crippen LogP contribution >= 0.6 is 11.8 Å². The molecule has 2 unspecified atom stereocenters. The normalized spacial score (nSPS) is 17.2. The second-order valence-electron chi connectivity index (χ2n) is 7.34. The maximum Gasteiger partial charge on any atom is 0.337 e. The van der Waals surface area contributed by atoms with Crippen molar-refractivity contribution in [1.29, 1.82) is 0 Å². The van der Waals surface area contributed by atoms with E-state index in [1.54, 1.807) is 22.8 Å². The summed E-state index contributed by atoms with van der Waals surface area (Å²) in [4.78, 5) is 30.1. The Kier molecular flexibility index (Phi) is 6.20. The van der Waals surface area contributed by atoms with Crippen LogP contribution in [-0.2, 0) is 16.0 Å². The summed E-state index contributed by atoms with van der Waals surface area (Å²) in [5.41, 5.74) is 1.91. The number of aromatic nitrogens is 2. The van der Waals surface area contributed by atoms with Crippen molar-refractivity contribution in [3.63, 3.8) is 0 Å². The van der Waals surface area contributed by atoms with E-state index in [2.05, 4.69) is 19.1 Å². The van der Waals surface area contributed by atoms with E-state index in [9.17, 15) is 9.59 Å². The second kappa shape index (κ2) is 9.02. The molecule has 4 rings (SSSR count). The van der Waals surface area contributed by atoms with Crippen molar-refractivity contribution in [2.75, 3.05) is 13.7 Å². The summed E-state index contributed by atoms with van der Waals surface area (Å²) in [5, 5.41) is 1.22. The summed E-state index contributed by atoms with van der Waals surface area (Å²) in [6.07, 6.45) is 1.96. The van der Waals surface area contributed by atoms with E-state index in [1.807, 2.05) is 18.2 Å². The molecule has 2 aromatic carbocycles. The Labute approximate surface area is 179 Å². The van der Waals surface area contributed by atoms with Crippen molar-refractivity contribution in [3.8, 4) is 0 Å². The average Bonchev–Trinajstić information content (AvgIpc) is 3.29. The molecule has 1 saturated heterocycles. The third kappa shape index (κ3) is 4.27. The quantitative estimate of drug-likeness (QED) is 0.335. The first kappa shape index (κ1) is 20.6. The molecule has 0 saturated carbocycles. The SMILES string of the molecule is COC(=O)c1ccc2c(=O)n(CC3CCCO3)c(SC(C)c3ccccc3)nc2c1. The zero-order valence-electron chi connectivity index (χ0n) is 17.0. The number of nitrogens with zero attached hydrogens (tertiary/aromatic N) is 2. The van der Waals surface area contributed by atoms with Gasteiger partial charge in [0.2, 0.25) is 0 Å². The van der Waals surface area contributed by atoms with Gasteiger partial charge >= 0.3 is 5.97 Å². The van der Waals surface area contributed by atoms with Gasteiger partial charge in [0.1, 0.15) is 0 Å². The molecule has 1 aliphatic heterocycles. The fourth-order valence-corrected chi connectivity index (χ4v) is 4.68. The van der Waals surface area contributed by atoms with Crippen LogP contribution in [0.25, 0.3) is 10.9 Å². The van der Waals surface area contributed by atoms with Crippen LogP contribution in [0, 0.1) is 0 Å². The summed E-state index contributed by atoms with van der Waals surface area (Å²) in [6.45, 7) is 3.30. The molecule has 2 atom stereocenters. The molecule has 0 bridgehead atoms. The lowest BCUT2D eigenvalue weighted by Gasteiger charge is -2.19. The number of thioether (sulfide) groups is 1. The first-order valence-corrected chi connectivity index (χ1v) is 10.9. The first-order chi connectivity index (χ1) is 14.6. The van der Waals surface area contributed by atoms with Crippen LogP contribution in [0.4, 0.5) is 0 Å². The smallest absolute Gasteiger partial charge is 0.337 e. The van der Waals surface area contributed by atoms with E-state index < -0.39 is 5.97 Å². The predicted octanol–water partition coefficient (Wildman–Crippen LogP) is 4.22. The van der Waals surface area contributed by atoms with E-state index in [0.717, 1.165) is 25.0 Å². The summed E-state index contributed by atoms with van der Waals surface area (Å²) in [7, 11) is 1.34.